The van der Waals surface area contributed by atoms with E-state index < -0.39 is 0 Å². The minimum Gasteiger partial charge on any atom is -0.489 e. The van der Waals surface area contributed by atoms with Crippen LogP contribution < -0.4 is 15.4 Å². The Morgan fingerprint density at radius 2 is 2.20 bits per heavy atom. The second kappa shape index (κ2) is 11.6. The first kappa shape index (κ1) is 22.0. The lowest BCUT2D eigenvalue weighted by atomic mass is 10.1. The molecule has 0 aliphatic carbocycles. The topological polar surface area (TPSA) is 48.9 Å². The van der Waals surface area contributed by atoms with Gasteiger partial charge in [-0.2, -0.15) is 0 Å². The van der Waals surface area contributed by atoms with Crippen LogP contribution in [0, 0.1) is 12.8 Å². The molecule has 2 N–H and O–H groups in total. The smallest absolute Gasteiger partial charge is 0.191 e. The number of benzene rings is 1. The van der Waals surface area contributed by atoms with Crippen LogP contribution in [0.2, 0.25) is 0 Å². The standard InChI is InChI=1S/C19H32N4O.HI/c1-5-20-19(22-13-17-9-10-23(4)14-17)21-12-16(3)24-18-8-6-7-15(2)11-18;/h6-8,11,16-17H,5,9-10,12-14H2,1-4H3,(H2,20,21,22);1H. The summed E-state index contributed by atoms with van der Waals surface area (Å²) in [6.45, 7) is 11.1. The average Bonchev–Trinajstić information content (AvgIpc) is 2.95. The summed E-state index contributed by atoms with van der Waals surface area (Å²) in [5.74, 6) is 2.50. The molecular formula is C19H33IN4O. The molecule has 1 fully saturated rings. The summed E-state index contributed by atoms with van der Waals surface area (Å²) in [4.78, 5) is 7.05. The molecule has 6 heteroatoms. The van der Waals surface area contributed by atoms with Crippen LogP contribution in [0.4, 0.5) is 0 Å². The van der Waals surface area contributed by atoms with Crippen molar-refractivity contribution in [1.29, 1.82) is 0 Å². The quantitative estimate of drug-likeness (QED) is 0.373. The number of aryl methyl sites for hydroxylation is 1. The first-order valence-corrected chi connectivity index (χ1v) is 9.01. The molecule has 0 saturated carbocycles. The predicted octanol–water partition coefficient (Wildman–Crippen LogP) is 2.89. The van der Waals surface area contributed by atoms with E-state index in [4.69, 9.17) is 4.74 Å². The van der Waals surface area contributed by atoms with Crippen LogP contribution >= 0.6 is 24.0 Å². The highest BCUT2D eigenvalue weighted by Gasteiger charge is 2.19. The zero-order valence-corrected chi connectivity index (χ0v) is 18.2. The summed E-state index contributed by atoms with van der Waals surface area (Å²) in [5.41, 5.74) is 1.21. The Balaban J connectivity index is 0.00000312. The Morgan fingerprint density at radius 3 is 2.84 bits per heavy atom. The van der Waals surface area contributed by atoms with E-state index in [0.717, 1.165) is 24.8 Å². The van der Waals surface area contributed by atoms with Crippen molar-refractivity contribution in [2.75, 3.05) is 39.8 Å². The highest BCUT2D eigenvalue weighted by molar-refractivity contribution is 14.0. The molecule has 25 heavy (non-hydrogen) atoms. The lowest BCUT2D eigenvalue weighted by Gasteiger charge is -2.17. The molecule has 5 nitrogen and oxygen atoms in total. The fraction of sp³-hybridized carbons (Fsp3) is 0.632. The van der Waals surface area contributed by atoms with Gasteiger partial charge in [0.25, 0.3) is 0 Å². The van der Waals surface area contributed by atoms with Gasteiger partial charge in [0.15, 0.2) is 5.96 Å². The predicted molar refractivity (Wildman–Crippen MR) is 116 cm³/mol. The number of hydrogen-bond donors (Lipinski definition) is 2. The van der Waals surface area contributed by atoms with E-state index in [1.807, 2.05) is 12.1 Å². The van der Waals surface area contributed by atoms with Gasteiger partial charge in [-0.3, -0.25) is 0 Å². The largest absolute Gasteiger partial charge is 0.489 e. The summed E-state index contributed by atoms with van der Waals surface area (Å²) in [5, 5.41) is 6.78. The maximum Gasteiger partial charge on any atom is 0.191 e. The molecule has 1 heterocycles. The molecule has 0 aromatic heterocycles. The number of halogens is 1. The first-order valence-electron chi connectivity index (χ1n) is 9.01. The summed E-state index contributed by atoms with van der Waals surface area (Å²) in [6.07, 6.45) is 1.30. The Morgan fingerprint density at radius 1 is 1.40 bits per heavy atom. The number of hydrogen-bond acceptors (Lipinski definition) is 3. The van der Waals surface area contributed by atoms with Gasteiger partial charge in [0.05, 0.1) is 6.54 Å². The Labute approximate surface area is 169 Å². The van der Waals surface area contributed by atoms with Gasteiger partial charge in [0, 0.05) is 19.6 Å². The number of ether oxygens (including phenoxy) is 1. The van der Waals surface area contributed by atoms with Crippen LogP contribution in [0.15, 0.2) is 29.3 Å². The molecule has 1 aliphatic rings. The van der Waals surface area contributed by atoms with Crippen molar-refractivity contribution in [1.82, 2.24) is 15.5 Å². The lowest BCUT2D eigenvalue weighted by Crippen LogP contribution is -2.40. The number of guanidine groups is 1. The van der Waals surface area contributed by atoms with Crippen molar-refractivity contribution < 1.29 is 4.74 Å². The molecule has 0 radical (unpaired) electrons. The fourth-order valence-electron chi connectivity index (χ4n) is 2.95. The number of nitrogens with zero attached hydrogens (tertiary/aromatic N) is 2. The fourth-order valence-corrected chi connectivity index (χ4v) is 2.95. The van der Waals surface area contributed by atoms with Gasteiger partial charge >= 0.3 is 0 Å². The number of aliphatic imine (C=N–C) groups is 1. The third-order valence-electron chi connectivity index (χ3n) is 4.22. The monoisotopic (exact) mass is 460 g/mol. The average molecular weight is 460 g/mol. The summed E-state index contributed by atoms with van der Waals surface area (Å²) >= 11 is 0. The Kier molecular flexibility index (Phi) is 10.2. The van der Waals surface area contributed by atoms with Crippen molar-refractivity contribution >= 4 is 29.9 Å². The van der Waals surface area contributed by atoms with Crippen LogP contribution in [0.25, 0.3) is 0 Å². The molecule has 142 valence electrons. The summed E-state index contributed by atoms with van der Waals surface area (Å²) in [6, 6.07) is 8.14. The number of rotatable bonds is 7. The van der Waals surface area contributed by atoms with Crippen LogP contribution in [0.1, 0.15) is 25.8 Å². The van der Waals surface area contributed by atoms with Crippen molar-refractivity contribution in [3.8, 4) is 5.75 Å². The van der Waals surface area contributed by atoms with E-state index in [9.17, 15) is 0 Å². The van der Waals surface area contributed by atoms with Crippen LogP contribution in [0.5, 0.6) is 5.75 Å². The minimum absolute atomic E-state index is 0. The zero-order chi connectivity index (χ0) is 17.4. The summed E-state index contributed by atoms with van der Waals surface area (Å²) < 4.78 is 5.95. The van der Waals surface area contributed by atoms with Gasteiger partial charge in [-0.15, -0.1) is 24.0 Å². The van der Waals surface area contributed by atoms with E-state index >= 15 is 0 Å². The molecule has 1 aliphatic heterocycles. The molecule has 2 rings (SSSR count). The maximum atomic E-state index is 5.95. The van der Waals surface area contributed by atoms with Crippen molar-refractivity contribution in [3.05, 3.63) is 29.8 Å². The molecule has 0 amide bonds. The molecule has 0 spiro atoms. The molecule has 1 saturated heterocycles. The molecular weight excluding hydrogens is 427 g/mol. The van der Waals surface area contributed by atoms with E-state index in [0.29, 0.717) is 12.5 Å². The highest BCUT2D eigenvalue weighted by atomic mass is 127. The van der Waals surface area contributed by atoms with Crippen molar-refractivity contribution in [3.63, 3.8) is 0 Å². The second-order valence-corrected chi connectivity index (χ2v) is 6.76. The second-order valence-electron chi connectivity index (χ2n) is 6.76. The minimum atomic E-state index is 0. The van der Waals surface area contributed by atoms with Gasteiger partial charge in [0.1, 0.15) is 11.9 Å². The van der Waals surface area contributed by atoms with Crippen molar-refractivity contribution in [2.45, 2.75) is 33.3 Å². The van der Waals surface area contributed by atoms with Gasteiger partial charge in [-0.25, -0.2) is 4.99 Å². The van der Waals surface area contributed by atoms with E-state index in [-0.39, 0.29) is 30.1 Å². The molecule has 0 bridgehead atoms. The molecule has 2 atom stereocenters. The van der Waals surface area contributed by atoms with Gasteiger partial charge in [-0.05, 0) is 64.4 Å². The van der Waals surface area contributed by atoms with Crippen LogP contribution in [-0.4, -0.2) is 56.7 Å². The Hall–Kier alpha value is -1.02. The van der Waals surface area contributed by atoms with Crippen molar-refractivity contribution in [2.24, 2.45) is 10.9 Å². The van der Waals surface area contributed by atoms with Gasteiger partial charge in [-0.1, -0.05) is 12.1 Å². The Bertz CT molecular complexity index is 538. The molecule has 2 unspecified atom stereocenters. The normalized spacial score (nSPS) is 19.2. The third kappa shape index (κ3) is 8.27. The van der Waals surface area contributed by atoms with Gasteiger partial charge in [0.2, 0.25) is 0 Å². The lowest BCUT2D eigenvalue weighted by molar-refractivity contribution is 0.230. The summed E-state index contributed by atoms with van der Waals surface area (Å²) in [7, 11) is 2.18. The van der Waals surface area contributed by atoms with Gasteiger partial charge < -0.3 is 20.3 Å². The van der Waals surface area contributed by atoms with E-state index in [2.05, 4.69) is 60.5 Å². The van der Waals surface area contributed by atoms with E-state index in [1.54, 1.807) is 0 Å². The highest BCUT2D eigenvalue weighted by Crippen LogP contribution is 2.14. The number of nitrogens with one attached hydrogen (secondary N) is 2. The van der Waals surface area contributed by atoms with Crippen LogP contribution in [-0.2, 0) is 0 Å². The maximum absolute atomic E-state index is 5.95. The third-order valence-corrected chi connectivity index (χ3v) is 4.22. The molecule has 1 aromatic carbocycles. The zero-order valence-electron chi connectivity index (χ0n) is 15.9. The van der Waals surface area contributed by atoms with Crippen LogP contribution in [0.3, 0.4) is 0 Å². The molecule has 1 aromatic rings. The van der Waals surface area contributed by atoms with E-state index in [1.165, 1.54) is 25.1 Å². The first-order chi connectivity index (χ1) is 11.6. The SMILES string of the molecule is CCNC(=NCC(C)Oc1cccc(C)c1)NCC1CCN(C)C1.I. The number of likely N-dealkylation sites (tertiary alicyclic amines) is 1.